The zero-order valence-electron chi connectivity index (χ0n) is 15.0. The lowest BCUT2D eigenvalue weighted by Gasteiger charge is -2.19. The van der Waals surface area contributed by atoms with Crippen LogP contribution >= 0.6 is 11.3 Å². The standard InChI is InChI=1S/C19H23N3O3S/c1-2-14-5-6-16-15(11-14)12-17(26-16)19(24)25-13-18(23)22(9-3-7-20)10-4-8-21/h12,14H,2-6,9-11,13H2,1H3/t14-/m0/s1. The van der Waals surface area contributed by atoms with Gasteiger partial charge in [-0.1, -0.05) is 13.3 Å². The molecule has 1 heterocycles. The molecule has 0 saturated carbocycles. The van der Waals surface area contributed by atoms with Crippen molar-refractivity contribution < 1.29 is 14.3 Å². The molecule has 138 valence electrons. The Hall–Kier alpha value is -2.38. The van der Waals surface area contributed by atoms with Gasteiger partial charge in [0.15, 0.2) is 6.61 Å². The third kappa shape index (κ3) is 5.31. The maximum absolute atomic E-state index is 12.3. The number of esters is 1. The minimum Gasteiger partial charge on any atom is -0.451 e. The van der Waals surface area contributed by atoms with Crippen LogP contribution in [0.25, 0.3) is 0 Å². The van der Waals surface area contributed by atoms with Gasteiger partial charge in [0.1, 0.15) is 4.88 Å². The van der Waals surface area contributed by atoms with Crippen LogP contribution in [0.1, 0.15) is 52.7 Å². The first-order chi connectivity index (χ1) is 12.6. The van der Waals surface area contributed by atoms with Crippen molar-refractivity contribution >= 4 is 23.2 Å². The van der Waals surface area contributed by atoms with Crippen LogP contribution in [0.2, 0.25) is 0 Å². The van der Waals surface area contributed by atoms with Gasteiger partial charge in [-0.15, -0.1) is 11.3 Å². The summed E-state index contributed by atoms with van der Waals surface area (Å²) in [5.74, 6) is -0.182. The van der Waals surface area contributed by atoms with Gasteiger partial charge in [-0.2, -0.15) is 10.5 Å². The van der Waals surface area contributed by atoms with Gasteiger partial charge in [0, 0.05) is 18.0 Å². The van der Waals surface area contributed by atoms with E-state index in [9.17, 15) is 9.59 Å². The topological polar surface area (TPSA) is 94.2 Å². The van der Waals surface area contributed by atoms with E-state index >= 15 is 0 Å². The number of nitrogens with zero attached hydrogens (tertiary/aromatic N) is 3. The normalized spacial score (nSPS) is 15.4. The lowest BCUT2D eigenvalue weighted by atomic mass is 9.87. The van der Waals surface area contributed by atoms with Gasteiger partial charge in [-0.3, -0.25) is 4.79 Å². The van der Waals surface area contributed by atoms with E-state index < -0.39 is 5.97 Å². The minimum absolute atomic E-state index is 0.182. The summed E-state index contributed by atoms with van der Waals surface area (Å²) in [4.78, 5) is 27.7. The molecule has 1 aromatic rings. The molecule has 0 unspecified atom stereocenters. The Balaban J connectivity index is 1.91. The summed E-state index contributed by atoms with van der Waals surface area (Å²) in [6, 6.07) is 5.85. The highest BCUT2D eigenvalue weighted by Crippen LogP contribution is 2.33. The highest BCUT2D eigenvalue weighted by molar-refractivity contribution is 7.14. The number of amides is 1. The maximum atomic E-state index is 12.3. The van der Waals surface area contributed by atoms with E-state index in [4.69, 9.17) is 15.3 Å². The van der Waals surface area contributed by atoms with E-state index in [0.29, 0.717) is 10.8 Å². The van der Waals surface area contributed by atoms with Gasteiger partial charge in [0.25, 0.3) is 5.91 Å². The Morgan fingerprint density at radius 2 is 2.00 bits per heavy atom. The predicted molar refractivity (Wildman–Crippen MR) is 97.4 cm³/mol. The molecule has 1 aromatic heterocycles. The molecule has 26 heavy (non-hydrogen) atoms. The highest BCUT2D eigenvalue weighted by atomic mass is 32.1. The zero-order valence-corrected chi connectivity index (χ0v) is 15.8. The van der Waals surface area contributed by atoms with Crippen LogP contribution in [0.3, 0.4) is 0 Å². The number of aryl methyl sites for hydroxylation is 1. The molecule has 1 atom stereocenters. The van der Waals surface area contributed by atoms with Crippen molar-refractivity contribution in [1.82, 2.24) is 4.90 Å². The monoisotopic (exact) mass is 373 g/mol. The third-order valence-corrected chi connectivity index (χ3v) is 5.85. The molecule has 6 nitrogen and oxygen atoms in total. The number of hydrogen-bond donors (Lipinski definition) is 0. The van der Waals surface area contributed by atoms with Gasteiger partial charge in [-0.05, 0) is 36.8 Å². The molecule has 0 radical (unpaired) electrons. The smallest absolute Gasteiger partial charge is 0.348 e. The summed E-state index contributed by atoms with van der Waals surface area (Å²) in [6.07, 6.45) is 4.67. The molecule has 0 aromatic carbocycles. The summed E-state index contributed by atoms with van der Waals surface area (Å²) in [5, 5.41) is 17.3. The Kier molecular flexibility index (Phi) is 7.62. The lowest BCUT2D eigenvalue weighted by Crippen LogP contribution is -2.36. The number of rotatable bonds is 8. The van der Waals surface area contributed by atoms with Crippen molar-refractivity contribution in [2.45, 2.75) is 45.4 Å². The molecule has 0 spiro atoms. The fourth-order valence-electron chi connectivity index (χ4n) is 3.07. The Morgan fingerprint density at radius 1 is 1.31 bits per heavy atom. The van der Waals surface area contributed by atoms with E-state index in [1.54, 1.807) is 0 Å². The van der Waals surface area contributed by atoms with E-state index in [2.05, 4.69) is 6.92 Å². The molecule has 1 aliphatic rings. The van der Waals surface area contributed by atoms with Crippen LogP contribution < -0.4 is 0 Å². The predicted octanol–water partition coefficient (Wildman–Crippen LogP) is 3.08. The van der Waals surface area contributed by atoms with Gasteiger partial charge in [0.05, 0.1) is 25.0 Å². The molecule has 0 aliphatic heterocycles. The van der Waals surface area contributed by atoms with E-state index in [-0.39, 0.29) is 38.4 Å². The summed E-state index contributed by atoms with van der Waals surface area (Å²) < 4.78 is 5.18. The molecule has 0 N–H and O–H groups in total. The number of thiophene rings is 1. The first kappa shape index (κ1) is 19.9. The second-order valence-corrected chi connectivity index (χ2v) is 7.49. The molecule has 0 bridgehead atoms. The third-order valence-electron chi connectivity index (χ3n) is 4.63. The quantitative estimate of drug-likeness (QED) is 0.653. The Morgan fingerprint density at radius 3 is 2.62 bits per heavy atom. The van der Waals surface area contributed by atoms with Crippen molar-refractivity contribution in [3.05, 3.63) is 21.4 Å². The second kappa shape index (κ2) is 9.94. The molecule has 1 aliphatic carbocycles. The van der Waals surface area contributed by atoms with Crippen molar-refractivity contribution in [3.63, 3.8) is 0 Å². The molecule has 1 amide bonds. The van der Waals surface area contributed by atoms with Gasteiger partial charge in [-0.25, -0.2) is 4.79 Å². The van der Waals surface area contributed by atoms with Crippen molar-refractivity contribution in [2.75, 3.05) is 19.7 Å². The molecule has 2 rings (SSSR count). The van der Waals surface area contributed by atoms with Gasteiger partial charge < -0.3 is 9.64 Å². The fourth-order valence-corrected chi connectivity index (χ4v) is 4.17. The van der Waals surface area contributed by atoms with Crippen LogP contribution in [-0.4, -0.2) is 36.5 Å². The molecule has 0 fully saturated rings. The van der Waals surface area contributed by atoms with Crippen molar-refractivity contribution in [3.8, 4) is 12.1 Å². The van der Waals surface area contributed by atoms with Crippen LogP contribution in [-0.2, 0) is 22.4 Å². The summed E-state index contributed by atoms with van der Waals surface area (Å²) >= 11 is 1.46. The van der Waals surface area contributed by atoms with Crippen molar-refractivity contribution in [2.24, 2.45) is 5.92 Å². The average Bonchev–Trinajstić information content (AvgIpc) is 3.09. The van der Waals surface area contributed by atoms with Gasteiger partial charge in [0.2, 0.25) is 0 Å². The zero-order chi connectivity index (χ0) is 18.9. The molecule has 7 heteroatoms. The number of hydrogen-bond acceptors (Lipinski definition) is 6. The van der Waals surface area contributed by atoms with Crippen molar-refractivity contribution in [1.29, 1.82) is 10.5 Å². The number of nitriles is 2. The first-order valence-electron chi connectivity index (χ1n) is 8.89. The Bertz CT molecular complexity index is 711. The average molecular weight is 373 g/mol. The lowest BCUT2D eigenvalue weighted by molar-refractivity contribution is -0.134. The maximum Gasteiger partial charge on any atom is 0.348 e. The first-order valence-corrected chi connectivity index (χ1v) is 9.71. The second-order valence-electron chi connectivity index (χ2n) is 6.35. The minimum atomic E-state index is -0.480. The SMILES string of the molecule is CC[C@H]1CCc2sc(C(=O)OCC(=O)N(CCC#N)CCC#N)cc2C1. The number of carbonyl (C=O) groups is 2. The largest absolute Gasteiger partial charge is 0.451 e. The summed E-state index contributed by atoms with van der Waals surface area (Å²) in [6.45, 7) is 2.30. The fraction of sp³-hybridized carbons (Fsp3) is 0.579. The summed E-state index contributed by atoms with van der Waals surface area (Å²) in [5.41, 5.74) is 1.23. The molecule has 0 saturated heterocycles. The highest BCUT2D eigenvalue weighted by Gasteiger charge is 2.23. The van der Waals surface area contributed by atoms with Crippen LogP contribution in [0, 0.1) is 28.6 Å². The molecular weight excluding hydrogens is 350 g/mol. The van der Waals surface area contributed by atoms with Crippen LogP contribution in [0.5, 0.6) is 0 Å². The van der Waals surface area contributed by atoms with E-state index in [1.165, 1.54) is 26.7 Å². The summed E-state index contributed by atoms with van der Waals surface area (Å²) in [7, 11) is 0. The number of fused-ring (bicyclic) bond motifs is 1. The van der Waals surface area contributed by atoms with Gasteiger partial charge >= 0.3 is 5.97 Å². The molecular formula is C19H23N3O3S. The Labute approximate surface area is 158 Å². The van der Waals surface area contributed by atoms with Crippen LogP contribution in [0.15, 0.2) is 6.07 Å². The van der Waals surface area contributed by atoms with E-state index in [0.717, 1.165) is 25.7 Å². The number of carbonyl (C=O) groups excluding carboxylic acids is 2. The van der Waals surface area contributed by atoms with E-state index in [1.807, 2.05) is 18.2 Å². The van der Waals surface area contributed by atoms with Crippen LogP contribution in [0.4, 0.5) is 0 Å². The number of ether oxygens (including phenoxy) is 1.